The lowest BCUT2D eigenvalue weighted by molar-refractivity contribution is 0.585. The zero-order valence-corrected chi connectivity index (χ0v) is 8.12. The van der Waals surface area contributed by atoms with Crippen molar-refractivity contribution in [2.45, 2.75) is 18.9 Å². The minimum atomic E-state index is 0.231. The van der Waals surface area contributed by atoms with Gasteiger partial charge in [-0.15, -0.1) is 0 Å². The summed E-state index contributed by atoms with van der Waals surface area (Å²) in [5, 5.41) is 7.61. The fourth-order valence-electron chi connectivity index (χ4n) is 2.00. The average molecular weight is 180 g/mol. The Hall–Kier alpha value is -0.870. The van der Waals surface area contributed by atoms with E-state index in [9.17, 15) is 0 Å². The van der Waals surface area contributed by atoms with Crippen molar-refractivity contribution in [2.75, 3.05) is 13.1 Å². The van der Waals surface area contributed by atoms with Gasteiger partial charge in [0.25, 0.3) is 0 Å². The first-order valence-electron chi connectivity index (χ1n) is 4.65. The first-order valence-corrected chi connectivity index (χ1v) is 4.65. The molecule has 0 bridgehead atoms. The number of hydrogen-bond acceptors (Lipinski definition) is 3. The van der Waals surface area contributed by atoms with Crippen LogP contribution in [0.3, 0.4) is 0 Å². The Morgan fingerprint density at radius 3 is 2.85 bits per heavy atom. The number of hydrogen-bond donors (Lipinski definition) is 2. The van der Waals surface area contributed by atoms with Gasteiger partial charge in [0.2, 0.25) is 0 Å². The Balaban J connectivity index is 2.28. The lowest BCUT2D eigenvalue weighted by atomic mass is 10.0. The molecular weight excluding hydrogens is 164 g/mol. The van der Waals surface area contributed by atoms with Crippen molar-refractivity contribution in [1.29, 1.82) is 0 Å². The summed E-state index contributed by atoms with van der Waals surface area (Å²) in [4.78, 5) is 0. The van der Waals surface area contributed by atoms with Crippen LogP contribution in [0.2, 0.25) is 0 Å². The molecule has 2 heterocycles. The average Bonchev–Trinajstić information content (AvgIpc) is 2.58. The summed E-state index contributed by atoms with van der Waals surface area (Å²) in [6, 6.07) is 2.35. The van der Waals surface area contributed by atoms with Crippen LogP contribution in [0, 0.1) is 6.92 Å². The molecule has 0 radical (unpaired) electrons. The van der Waals surface area contributed by atoms with E-state index < -0.39 is 0 Å². The van der Waals surface area contributed by atoms with Crippen molar-refractivity contribution in [1.82, 2.24) is 15.1 Å². The molecule has 0 saturated carbocycles. The molecule has 0 amide bonds. The van der Waals surface area contributed by atoms with E-state index in [1.54, 1.807) is 0 Å². The standard InChI is InChI=1S/C9H16N4/c1-6-3-9(13(2)12-6)7-4-11-5-8(7)10/h3,7-8,11H,4-5,10H2,1-2H3. The summed E-state index contributed by atoms with van der Waals surface area (Å²) in [5.74, 6) is 0.422. The van der Waals surface area contributed by atoms with Gasteiger partial charge in [0.05, 0.1) is 5.69 Å². The minimum Gasteiger partial charge on any atom is -0.326 e. The van der Waals surface area contributed by atoms with E-state index in [-0.39, 0.29) is 6.04 Å². The molecule has 1 fully saturated rings. The highest BCUT2D eigenvalue weighted by atomic mass is 15.3. The highest BCUT2D eigenvalue weighted by Gasteiger charge is 2.27. The van der Waals surface area contributed by atoms with Gasteiger partial charge in [-0.25, -0.2) is 0 Å². The zero-order chi connectivity index (χ0) is 9.42. The quantitative estimate of drug-likeness (QED) is 0.626. The number of nitrogens with two attached hydrogens (primary N) is 1. The molecule has 13 heavy (non-hydrogen) atoms. The maximum absolute atomic E-state index is 5.99. The monoisotopic (exact) mass is 180 g/mol. The van der Waals surface area contributed by atoms with E-state index in [1.165, 1.54) is 5.69 Å². The van der Waals surface area contributed by atoms with Crippen molar-refractivity contribution >= 4 is 0 Å². The molecular formula is C9H16N4. The fraction of sp³-hybridized carbons (Fsp3) is 0.667. The molecule has 0 aromatic carbocycles. The SMILES string of the molecule is Cc1cc(C2CNCC2N)n(C)n1. The molecule has 1 aliphatic heterocycles. The van der Waals surface area contributed by atoms with Crippen LogP contribution >= 0.6 is 0 Å². The largest absolute Gasteiger partial charge is 0.326 e. The van der Waals surface area contributed by atoms with Crippen molar-refractivity contribution in [3.8, 4) is 0 Å². The zero-order valence-electron chi connectivity index (χ0n) is 8.12. The number of aryl methyl sites for hydroxylation is 2. The molecule has 2 rings (SSSR count). The first-order chi connectivity index (χ1) is 6.18. The predicted octanol–water partition coefficient (Wildman–Crippen LogP) is -0.257. The van der Waals surface area contributed by atoms with Crippen LogP contribution < -0.4 is 11.1 Å². The highest BCUT2D eigenvalue weighted by molar-refractivity contribution is 5.18. The fourth-order valence-corrected chi connectivity index (χ4v) is 2.00. The molecule has 0 aliphatic carbocycles. The van der Waals surface area contributed by atoms with Gasteiger partial charge in [0.15, 0.2) is 0 Å². The normalized spacial score (nSPS) is 28.2. The number of nitrogens with one attached hydrogen (secondary N) is 1. The lowest BCUT2D eigenvalue weighted by Crippen LogP contribution is -2.28. The molecule has 1 aliphatic rings. The van der Waals surface area contributed by atoms with Gasteiger partial charge >= 0.3 is 0 Å². The topological polar surface area (TPSA) is 55.9 Å². The molecule has 72 valence electrons. The molecule has 1 aromatic heterocycles. The Morgan fingerprint density at radius 1 is 1.62 bits per heavy atom. The maximum Gasteiger partial charge on any atom is 0.0596 e. The summed E-state index contributed by atoms with van der Waals surface area (Å²) >= 11 is 0. The van der Waals surface area contributed by atoms with Gasteiger partial charge in [-0.3, -0.25) is 4.68 Å². The van der Waals surface area contributed by atoms with Gasteiger partial charge in [-0.05, 0) is 13.0 Å². The molecule has 1 saturated heterocycles. The molecule has 2 atom stereocenters. The Kier molecular flexibility index (Phi) is 2.09. The first kappa shape index (κ1) is 8.72. The van der Waals surface area contributed by atoms with E-state index in [4.69, 9.17) is 5.73 Å². The van der Waals surface area contributed by atoms with Crippen molar-refractivity contribution in [3.05, 3.63) is 17.5 Å². The minimum absolute atomic E-state index is 0.231. The summed E-state index contributed by atoms with van der Waals surface area (Å²) < 4.78 is 1.94. The Morgan fingerprint density at radius 2 is 2.38 bits per heavy atom. The van der Waals surface area contributed by atoms with Gasteiger partial charge in [0, 0.05) is 37.8 Å². The van der Waals surface area contributed by atoms with Crippen molar-refractivity contribution in [2.24, 2.45) is 12.8 Å². The second-order valence-electron chi connectivity index (χ2n) is 3.76. The van der Waals surface area contributed by atoms with Crippen LogP contribution in [-0.2, 0) is 7.05 Å². The van der Waals surface area contributed by atoms with Gasteiger partial charge < -0.3 is 11.1 Å². The Labute approximate surface area is 78.1 Å². The summed E-state index contributed by atoms with van der Waals surface area (Å²) in [6.45, 7) is 3.90. The molecule has 4 nitrogen and oxygen atoms in total. The van der Waals surface area contributed by atoms with Crippen LogP contribution in [0.5, 0.6) is 0 Å². The highest BCUT2D eigenvalue weighted by Crippen LogP contribution is 2.21. The maximum atomic E-state index is 5.99. The number of rotatable bonds is 1. The third kappa shape index (κ3) is 1.47. The predicted molar refractivity (Wildman–Crippen MR) is 51.5 cm³/mol. The summed E-state index contributed by atoms with van der Waals surface area (Å²) in [7, 11) is 1.98. The van der Waals surface area contributed by atoms with Gasteiger partial charge in [-0.1, -0.05) is 0 Å². The van der Waals surface area contributed by atoms with E-state index in [2.05, 4.69) is 16.5 Å². The Bertz CT molecular complexity index is 305. The van der Waals surface area contributed by atoms with Crippen LogP contribution in [-0.4, -0.2) is 28.9 Å². The molecule has 1 aromatic rings. The van der Waals surface area contributed by atoms with Crippen molar-refractivity contribution in [3.63, 3.8) is 0 Å². The van der Waals surface area contributed by atoms with Crippen LogP contribution in [0.25, 0.3) is 0 Å². The molecule has 2 unspecified atom stereocenters. The van der Waals surface area contributed by atoms with E-state index in [0.29, 0.717) is 5.92 Å². The van der Waals surface area contributed by atoms with E-state index in [0.717, 1.165) is 18.8 Å². The number of aromatic nitrogens is 2. The summed E-state index contributed by atoms with van der Waals surface area (Å²) in [5.41, 5.74) is 8.30. The van der Waals surface area contributed by atoms with Gasteiger partial charge in [0.1, 0.15) is 0 Å². The number of nitrogens with zero attached hydrogens (tertiary/aromatic N) is 2. The summed E-state index contributed by atoms with van der Waals surface area (Å²) in [6.07, 6.45) is 0. The third-order valence-electron chi connectivity index (χ3n) is 2.68. The second-order valence-corrected chi connectivity index (χ2v) is 3.76. The van der Waals surface area contributed by atoms with E-state index >= 15 is 0 Å². The van der Waals surface area contributed by atoms with Crippen molar-refractivity contribution < 1.29 is 0 Å². The molecule has 3 N–H and O–H groups in total. The van der Waals surface area contributed by atoms with Crippen LogP contribution in [0.15, 0.2) is 6.07 Å². The van der Waals surface area contributed by atoms with Crippen LogP contribution in [0.4, 0.5) is 0 Å². The molecule has 0 spiro atoms. The second kappa shape index (κ2) is 3.12. The smallest absolute Gasteiger partial charge is 0.0596 e. The molecule has 4 heteroatoms. The van der Waals surface area contributed by atoms with Gasteiger partial charge in [-0.2, -0.15) is 5.10 Å². The third-order valence-corrected chi connectivity index (χ3v) is 2.68. The lowest BCUT2D eigenvalue weighted by Gasteiger charge is -2.13. The van der Waals surface area contributed by atoms with E-state index in [1.807, 2.05) is 18.7 Å². The van der Waals surface area contributed by atoms with Crippen LogP contribution in [0.1, 0.15) is 17.3 Å².